The number of likely N-dealkylation sites (tertiary alicyclic amines) is 1. The summed E-state index contributed by atoms with van der Waals surface area (Å²) >= 11 is 0. The van der Waals surface area contributed by atoms with Gasteiger partial charge in [-0.25, -0.2) is 4.79 Å². The highest BCUT2D eigenvalue weighted by atomic mass is 16.6. The molecule has 25 heavy (non-hydrogen) atoms. The van der Waals surface area contributed by atoms with Gasteiger partial charge in [-0.3, -0.25) is 0 Å². The van der Waals surface area contributed by atoms with E-state index in [-0.39, 0.29) is 12.1 Å². The minimum atomic E-state index is -0.250. The predicted molar refractivity (Wildman–Crippen MR) is 97.4 cm³/mol. The van der Waals surface area contributed by atoms with Crippen LogP contribution in [0.3, 0.4) is 0 Å². The van der Waals surface area contributed by atoms with Crippen LogP contribution in [0.2, 0.25) is 0 Å². The second-order valence-electron chi connectivity index (χ2n) is 6.00. The number of carbonyl (C=O) groups excluding carboxylic acids is 1. The van der Waals surface area contributed by atoms with Crippen LogP contribution >= 0.6 is 0 Å². The molecule has 1 aliphatic rings. The van der Waals surface area contributed by atoms with E-state index in [1.54, 1.807) is 4.90 Å². The van der Waals surface area contributed by atoms with Crippen LogP contribution in [0.5, 0.6) is 5.75 Å². The first-order valence-electron chi connectivity index (χ1n) is 8.65. The van der Waals surface area contributed by atoms with Crippen molar-refractivity contribution in [2.24, 2.45) is 0 Å². The van der Waals surface area contributed by atoms with Crippen molar-refractivity contribution in [2.45, 2.75) is 25.5 Å². The molecule has 4 heteroatoms. The van der Waals surface area contributed by atoms with Gasteiger partial charge < -0.3 is 14.4 Å². The zero-order valence-corrected chi connectivity index (χ0v) is 14.2. The van der Waals surface area contributed by atoms with E-state index in [0.717, 1.165) is 30.7 Å². The van der Waals surface area contributed by atoms with E-state index in [4.69, 9.17) is 9.47 Å². The zero-order chi connectivity index (χ0) is 17.3. The highest BCUT2D eigenvalue weighted by Gasteiger charge is 2.27. The molecular weight excluding hydrogens is 314 g/mol. The summed E-state index contributed by atoms with van der Waals surface area (Å²) in [6, 6.07) is 19.5. The summed E-state index contributed by atoms with van der Waals surface area (Å²) in [5.41, 5.74) is 0.999. The quantitative estimate of drug-likeness (QED) is 0.732. The van der Waals surface area contributed by atoms with Crippen LogP contribution in [-0.2, 0) is 11.3 Å². The molecule has 1 aliphatic heterocycles. The van der Waals surface area contributed by atoms with Crippen LogP contribution < -0.4 is 4.74 Å². The van der Waals surface area contributed by atoms with Crippen molar-refractivity contribution in [3.05, 3.63) is 78.4 Å². The van der Waals surface area contributed by atoms with E-state index in [2.05, 4.69) is 0 Å². The van der Waals surface area contributed by atoms with Crippen molar-refractivity contribution in [1.29, 1.82) is 0 Å². The van der Waals surface area contributed by atoms with Gasteiger partial charge in [-0.1, -0.05) is 54.6 Å². The number of ether oxygens (including phenoxy) is 2. The summed E-state index contributed by atoms with van der Waals surface area (Å²) in [4.78, 5) is 14.1. The van der Waals surface area contributed by atoms with Gasteiger partial charge in [-0.05, 0) is 36.6 Å². The second kappa shape index (κ2) is 8.92. The number of nitrogens with zero attached hydrogens (tertiary/aromatic N) is 1. The fourth-order valence-electron chi connectivity index (χ4n) is 2.90. The Labute approximate surface area is 148 Å². The third kappa shape index (κ3) is 5.11. The van der Waals surface area contributed by atoms with E-state index >= 15 is 0 Å². The van der Waals surface area contributed by atoms with E-state index in [9.17, 15) is 4.79 Å². The van der Waals surface area contributed by atoms with Crippen LogP contribution in [0.15, 0.2) is 72.8 Å². The average Bonchev–Trinajstić information content (AvgIpc) is 3.14. The number of carbonyl (C=O) groups is 1. The maximum Gasteiger partial charge on any atom is 0.410 e. The van der Waals surface area contributed by atoms with Crippen molar-refractivity contribution in [1.82, 2.24) is 4.90 Å². The SMILES string of the molecule is O=C(OCc1ccccc1)N1CCC[C@@H]1/C=C/COc1ccccc1. The normalized spacial score (nSPS) is 17.0. The lowest BCUT2D eigenvalue weighted by atomic mass is 10.2. The summed E-state index contributed by atoms with van der Waals surface area (Å²) < 4.78 is 11.1. The van der Waals surface area contributed by atoms with Gasteiger partial charge >= 0.3 is 6.09 Å². The minimum Gasteiger partial charge on any atom is -0.490 e. The maximum absolute atomic E-state index is 12.3. The summed E-state index contributed by atoms with van der Waals surface area (Å²) in [7, 11) is 0. The molecule has 130 valence electrons. The molecule has 0 aliphatic carbocycles. The molecule has 1 saturated heterocycles. The molecule has 2 aromatic carbocycles. The molecule has 0 radical (unpaired) electrons. The first-order valence-corrected chi connectivity index (χ1v) is 8.65. The summed E-state index contributed by atoms with van der Waals surface area (Å²) in [6.45, 7) is 1.54. The number of hydrogen-bond donors (Lipinski definition) is 0. The number of amides is 1. The molecule has 1 amide bonds. The van der Waals surface area contributed by atoms with Crippen molar-refractivity contribution < 1.29 is 14.3 Å². The van der Waals surface area contributed by atoms with Gasteiger partial charge in [0.1, 0.15) is 19.0 Å². The van der Waals surface area contributed by atoms with E-state index in [0.29, 0.717) is 13.2 Å². The molecule has 0 saturated carbocycles. The van der Waals surface area contributed by atoms with Crippen LogP contribution in [-0.4, -0.2) is 30.2 Å². The van der Waals surface area contributed by atoms with Gasteiger partial charge in [0.15, 0.2) is 0 Å². The molecule has 1 atom stereocenters. The van der Waals surface area contributed by atoms with Gasteiger partial charge in [0.2, 0.25) is 0 Å². The lowest BCUT2D eigenvalue weighted by Crippen LogP contribution is -2.34. The Kier molecular flexibility index (Phi) is 6.10. The predicted octanol–water partition coefficient (Wildman–Crippen LogP) is 4.42. The number of rotatable bonds is 6. The molecule has 0 bridgehead atoms. The molecule has 0 unspecified atom stereocenters. The standard InChI is InChI=1S/C21H23NO3/c23-21(25-17-18-9-3-1-4-10-18)22-15-7-11-19(22)12-8-16-24-20-13-5-2-6-14-20/h1-6,8-10,12-14,19H,7,11,15-17H2/b12-8+/t19-/m1/s1. The molecule has 0 spiro atoms. The van der Waals surface area contributed by atoms with E-state index < -0.39 is 0 Å². The van der Waals surface area contributed by atoms with E-state index in [1.165, 1.54) is 0 Å². The smallest absolute Gasteiger partial charge is 0.410 e. The molecule has 3 rings (SSSR count). The van der Waals surface area contributed by atoms with Gasteiger partial charge in [-0.2, -0.15) is 0 Å². The topological polar surface area (TPSA) is 38.8 Å². The zero-order valence-electron chi connectivity index (χ0n) is 14.2. The fraction of sp³-hybridized carbons (Fsp3) is 0.286. The highest BCUT2D eigenvalue weighted by Crippen LogP contribution is 2.20. The van der Waals surface area contributed by atoms with Gasteiger partial charge in [-0.15, -0.1) is 0 Å². The summed E-state index contributed by atoms with van der Waals surface area (Å²) in [5, 5.41) is 0. The number of hydrogen-bond acceptors (Lipinski definition) is 3. The van der Waals surface area contributed by atoms with Crippen molar-refractivity contribution in [2.75, 3.05) is 13.2 Å². The molecule has 4 nitrogen and oxygen atoms in total. The lowest BCUT2D eigenvalue weighted by molar-refractivity contribution is 0.0974. The summed E-state index contributed by atoms with van der Waals surface area (Å²) in [6.07, 6.45) is 5.72. The van der Waals surface area contributed by atoms with Crippen molar-refractivity contribution >= 4 is 6.09 Å². The average molecular weight is 337 g/mol. The number of benzene rings is 2. The van der Waals surface area contributed by atoms with Crippen LogP contribution in [0, 0.1) is 0 Å². The minimum absolute atomic E-state index is 0.0858. The molecule has 1 fully saturated rings. The molecular formula is C21H23NO3. The van der Waals surface area contributed by atoms with Gasteiger partial charge in [0, 0.05) is 6.54 Å². The van der Waals surface area contributed by atoms with Gasteiger partial charge in [0.25, 0.3) is 0 Å². The monoisotopic (exact) mass is 337 g/mol. The first-order chi connectivity index (χ1) is 12.3. The molecule has 2 aromatic rings. The molecule has 0 N–H and O–H groups in total. The fourth-order valence-corrected chi connectivity index (χ4v) is 2.90. The Balaban J connectivity index is 1.46. The Bertz CT molecular complexity index is 685. The second-order valence-corrected chi connectivity index (χ2v) is 6.00. The van der Waals surface area contributed by atoms with Crippen LogP contribution in [0.1, 0.15) is 18.4 Å². The molecule has 1 heterocycles. The van der Waals surface area contributed by atoms with Crippen LogP contribution in [0.25, 0.3) is 0 Å². The van der Waals surface area contributed by atoms with E-state index in [1.807, 2.05) is 72.8 Å². The van der Waals surface area contributed by atoms with Gasteiger partial charge in [0.05, 0.1) is 6.04 Å². The lowest BCUT2D eigenvalue weighted by Gasteiger charge is -2.21. The Hall–Kier alpha value is -2.75. The Morgan fingerprint density at radius 3 is 2.56 bits per heavy atom. The largest absolute Gasteiger partial charge is 0.490 e. The third-order valence-electron chi connectivity index (χ3n) is 4.19. The Morgan fingerprint density at radius 2 is 1.80 bits per heavy atom. The third-order valence-corrected chi connectivity index (χ3v) is 4.19. The van der Waals surface area contributed by atoms with Crippen molar-refractivity contribution in [3.8, 4) is 5.75 Å². The summed E-state index contributed by atoms with van der Waals surface area (Å²) in [5.74, 6) is 0.845. The van der Waals surface area contributed by atoms with Crippen molar-refractivity contribution in [3.63, 3.8) is 0 Å². The molecule has 0 aromatic heterocycles. The number of para-hydroxylation sites is 1. The maximum atomic E-state index is 12.3. The first kappa shape index (κ1) is 17.1. The van der Waals surface area contributed by atoms with Crippen LogP contribution in [0.4, 0.5) is 4.79 Å². The Morgan fingerprint density at radius 1 is 1.08 bits per heavy atom. The highest BCUT2D eigenvalue weighted by molar-refractivity contribution is 5.68.